The molecule has 2 aromatic carbocycles. The number of benzene rings is 2. The van der Waals surface area contributed by atoms with Gasteiger partial charge in [-0.3, -0.25) is 24.1 Å². The van der Waals surface area contributed by atoms with Gasteiger partial charge in [0.25, 0.3) is 0 Å². The van der Waals surface area contributed by atoms with Gasteiger partial charge in [-0.2, -0.15) is 0 Å². The molecule has 4 unspecified atom stereocenters. The van der Waals surface area contributed by atoms with Gasteiger partial charge in [-0.1, -0.05) is 60.2 Å². The monoisotopic (exact) mass is 606 g/mol. The van der Waals surface area contributed by atoms with Crippen molar-refractivity contribution in [1.29, 1.82) is 0 Å². The van der Waals surface area contributed by atoms with Crippen LogP contribution in [0.25, 0.3) is 0 Å². The summed E-state index contributed by atoms with van der Waals surface area (Å²) in [7, 11) is 1.22. The topological polar surface area (TPSA) is 120 Å². The van der Waals surface area contributed by atoms with Crippen molar-refractivity contribution < 1.29 is 38.2 Å². The molecule has 0 N–H and O–H groups in total. The summed E-state index contributed by atoms with van der Waals surface area (Å²) in [6.07, 6.45) is 0.565. The summed E-state index contributed by atoms with van der Waals surface area (Å²) in [4.78, 5) is 69.5. The smallest absolute Gasteiger partial charge is 0.410 e. The highest BCUT2D eigenvalue weighted by molar-refractivity contribution is 5.97. The van der Waals surface area contributed by atoms with E-state index in [4.69, 9.17) is 14.2 Å². The van der Waals surface area contributed by atoms with Crippen molar-refractivity contribution in [3.05, 3.63) is 71.3 Å². The first-order chi connectivity index (χ1) is 21.1. The molecule has 44 heavy (non-hydrogen) atoms. The van der Waals surface area contributed by atoms with E-state index < -0.39 is 41.6 Å². The molecule has 0 bridgehead atoms. The van der Waals surface area contributed by atoms with E-state index in [1.807, 2.05) is 61.5 Å². The molecule has 0 aromatic heterocycles. The van der Waals surface area contributed by atoms with E-state index in [-0.39, 0.29) is 31.1 Å². The van der Waals surface area contributed by atoms with E-state index >= 15 is 0 Å². The zero-order valence-corrected chi connectivity index (χ0v) is 26.0. The van der Waals surface area contributed by atoms with Gasteiger partial charge in [-0.25, -0.2) is 4.79 Å². The molecule has 4 atom stereocenters. The Morgan fingerprint density at radius 2 is 1.66 bits per heavy atom. The van der Waals surface area contributed by atoms with Gasteiger partial charge in [0.1, 0.15) is 30.2 Å². The molecule has 2 amide bonds. The normalized spacial score (nSPS) is 21.0. The first-order valence-corrected chi connectivity index (χ1v) is 15.2. The number of Topliss-reactive ketones (excluding diaryl/α,β-unsaturated/α-hetero) is 1. The standard InChI is InChI=1S/C34H42N2O8/c1-23-13-15-26(16-14-23)21-34(30(38)20-28(32(40)42-4)24(2)44-25(3)37)17-9-19-36(34)31(39)29-12-8-18-35(29)33(41)43-22-27-10-6-5-7-11-27/h5-7,10-11,13-16,24,28-29H,8-9,12,17-22H2,1-4H3. The highest BCUT2D eigenvalue weighted by atomic mass is 16.6. The maximum atomic E-state index is 14.4. The minimum Gasteiger partial charge on any atom is -0.469 e. The van der Waals surface area contributed by atoms with Crippen LogP contribution in [0.2, 0.25) is 0 Å². The molecule has 4 rings (SSSR count). The predicted molar refractivity (Wildman–Crippen MR) is 161 cm³/mol. The number of carbonyl (C=O) groups is 5. The van der Waals surface area contributed by atoms with E-state index in [1.54, 1.807) is 11.8 Å². The largest absolute Gasteiger partial charge is 0.469 e. The van der Waals surface area contributed by atoms with Gasteiger partial charge in [-0.15, -0.1) is 0 Å². The fourth-order valence-corrected chi connectivity index (χ4v) is 6.37. The first kappa shape index (κ1) is 32.7. The van der Waals surface area contributed by atoms with Gasteiger partial charge in [0, 0.05) is 32.9 Å². The number of hydrogen-bond donors (Lipinski definition) is 0. The van der Waals surface area contributed by atoms with Crippen molar-refractivity contribution in [2.45, 2.75) is 83.6 Å². The van der Waals surface area contributed by atoms with Crippen LogP contribution < -0.4 is 0 Å². The van der Waals surface area contributed by atoms with Crippen molar-refractivity contribution >= 4 is 29.7 Å². The Balaban J connectivity index is 1.62. The summed E-state index contributed by atoms with van der Waals surface area (Å²) in [5.41, 5.74) is 1.52. The maximum Gasteiger partial charge on any atom is 0.410 e. The van der Waals surface area contributed by atoms with Gasteiger partial charge >= 0.3 is 18.0 Å². The van der Waals surface area contributed by atoms with Crippen LogP contribution >= 0.6 is 0 Å². The van der Waals surface area contributed by atoms with Crippen LogP contribution in [0, 0.1) is 12.8 Å². The number of aryl methyl sites for hydroxylation is 1. The molecule has 10 heteroatoms. The highest BCUT2D eigenvalue weighted by Crippen LogP contribution is 2.38. The van der Waals surface area contributed by atoms with Crippen molar-refractivity contribution in [3.63, 3.8) is 0 Å². The second-order valence-electron chi connectivity index (χ2n) is 11.8. The van der Waals surface area contributed by atoms with E-state index in [0.717, 1.165) is 16.7 Å². The summed E-state index contributed by atoms with van der Waals surface area (Å²) in [5, 5.41) is 0. The van der Waals surface area contributed by atoms with E-state index in [0.29, 0.717) is 38.8 Å². The number of carbonyl (C=O) groups excluding carboxylic acids is 5. The van der Waals surface area contributed by atoms with Crippen LogP contribution in [-0.4, -0.2) is 77.4 Å². The van der Waals surface area contributed by atoms with Crippen LogP contribution in [0.3, 0.4) is 0 Å². The Morgan fingerprint density at radius 3 is 2.32 bits per heavy atom. The van der Waals surface area contributed by atoms with E-state index in [1.165, 1.54) is 18.9 Å². The number of ketones is 1. The van der Waals surface area contributed by atoms with Crippen LogP contribution in [0.1, 0.15) is 62.6 Å². The number of amides is 2. The summed E-state index contributed by atoms with van der Waals surface area (Å²) >= 11 is 0. The fraction of sp³-hybridized carbons (Fsp3) is 0.500. The molecule has 0 saturated carbocycles. The summed E-state index contributed by atoms with van der Waals surface area (Å²) in [6, 6.07) is 16.3. The zero-order valence-electron chi connectivity index (χ0n) is 26.0. The lowest BCUT2D eigenvalue weighted by atomic mass is 9.79. The molecular weight excluding hydrogens is 564 g/mol. The third-order valence-electron chi connectivity index (χ3n) is 8.70. The second kappa shape index (κ2) is 14.5. The van der Waals surface area contributed by atoms with Crippen molar-refractivity contribution in [3.8, 4) is 0 Å². The summed E-state index contributed by atoms with van der Waals surface area (Å²) in [5.74, 6) is -2.91. The molecule has 236 valence electrons. The highest BCUT2D eigenvalue weighted by Gasteiger charge is 2.53. The number of esters is 2. The minimum atomic E-state index is -1.25. The first-order valence-electron chi connectivity index (χ1n) is 15.2. The lowest BCUT2D eigenvalue weighted by Gasteiger charge is -2.40. The fourth-order valence-electron chi connectivity index (χ4n) is 6.37. The minimum absolute atomic E-state index is 0.0894. The van der Waals surface area contributed by atoms with E-state index in [9.17, 15) is 24.0 Å². The van der Waals surface area contributed by atoms with Crippen molar-refractivity contribution in [2.75, 3.05) is 20.2 Å². The lowest BCUT2D eigenvalue weighted by molar-refractivity contribution is -0.161. The zero-order chi connectivity index (χ0) is 31.9. The van der Waals surface area contributed by atoms with Gasteiger partial charge < -0.3 is 19.1 Å². The number of rotatable bonds is 11. The molecule has 2 fully saturated rings. The Hall–Kier alpha value is -4.21. The van der Waals surface area contributed by atoms with Crippen LogP contribution in [0.4, 0.5) is 4.79 Å². The maximum absolute atomic E-state index is 14.4. The molecule has 2 aromatic rings. The summed E-state index contributed by atoms with van der Waals surface area (Å²) in [6.45, 7) is 5.56. The SMILES string of the molecule is COC(=O)C(CC(=O)C1(Cc2ccc(C)cc2)CCCN1C(=O)C1CCCN1C(=O)OCc1ccccc1)C(C)OC(C)=O. The molecule has 10 nitrogen and oxygen atoms in total. The van der Waals surface area contributed by atoms with Crippen LogP contribution in [0.15, 0.2) is 54.6 Å². The molecule has 0 aliphatic carbocycles. The third kappa shape index (κ3) is 7.46. The van der Waals surface area contributed by atoms with E-state index in [2.05, 4.69) is 0 Å². The number of nitrogens with zero attached hydrogens (tertiary/aromatic N) is 2. The van der Waals surface area contributed by atoms with Crippen LogP contribution in [0.5, 0.6) is 0 Å². The Kier molecular flexibility index (Phi) is 10.8. The van der Waals surface area contributed by atoms with Gasteiger partial charge in [-0.05, 0) is 50.7 Å². The molecule has 0 spiro atoms. The number of likely N-dealkylation sites (tertiary alicyclic amines) is 2. The molecule has 2 saturated heterocycles. The van der Waals surface area contributed by atoms with Gasteiger partial charge in [0.2, 0.25) is 5.91 Å². The number of methoxy groups -OCH3 is 1. The van der Waals surface area contributed by atoms with Gasteiger partial charge in [0.05, 0.1) is 7.11 Å². The predicted octanol–water partition coefficient (Wildman–Crippen LogP) is 4.40. The average molecular weight is 607 g/mol. The van der Waals surface area contributed by atoms with Gasteiger partial charge in [0.15, 0.2) is 5.78 Å². The lowest BCUT2D eigenvalue weighted by Crippen LogP contribution is -2.59. The number of ether oxygens (including phenoxy) is 3. The molecular formula is C34H42N2O8. The molecule has 2 aliphatic rings. The second-order valence-corrected chi connectivity index (χ2v) is 11.8. The Bertz CT molecular complexity index is 1340. The Morgan fingerprint density at radius 1 is 0.955 bits per heavy atom. The quantitative estimate of drug-likeness (QED) is 0.273. The van der Waals surface area contributed by atoms with Crippen molar-refractivity contribution in [2.24, 2.45) is 5.92 Å². The molecule has 0 radical (unpaired) electrons. The summed E-state index contributed by atoms with van der Waals surface area (Å²) < 4.78 is 15.8. The number of hydrogen-bond acceptors (Lipinski definition) is 8. The average Bonchev–Trinajstić information content (AvgIpc) is 3.68. The molecule has 2 heterocycles. The Labute approximate surface area is 258 Å². The van der Waals surface area contributed by atoms with Crippen molar-refractivity contribution in [1.82, 2.24) is 9.80 Å². The molecule has 2 aliphatic heterocycles. The third-order valence-corrected chi connectivity index (χ3v) is 8.70. The van der Waals surface area contributed by atoms with Crippen LogP contribution in [-0.2, 0) is 46.4 Å².